The van der Waals surface area contributed by atoms with Gasteiger partial charge in [-0.15, -0.1) is 0 Å². The zero-order chi connectivity index (χ0) is 15.7. The van der Waals surface area contributed by atoms with Crippen molar-refractivity contribution in [2.24, 2.45) is 0 Å². The van der Waals surface area contributed by atoms with Crippen molar-refractivity contribution in [2.45, 2.75) is 13.2 Å². The summed E-state index contributed by atoms with van der Waals surface area (Å²) in [6.45, 7) is -3.16. The molecule has 5 heteroatoms. The van der Waals surface area contributed by atoms with Gasteiger partial charge in [-0.3, -0.25) is 4.79 Å². The lowest BCUT2D eigenvalue weighted by Gasteiger charge is -2.05. The number of phenols is 1. The van der Waals surface area contributed by atoms with Crippen LogP contribution in [0.15, 0.2) is 18.2 Å². The second kappa shape index (κ2) is 4.45. The molecule has 0 bridgehead atoms. The first-order chi connectivity index (χ1) is 8.96. The third-order valence-corrected chi connectivity index (χ3v) is 1.60. The van der Waals surface area contributed by atoms with Crippen molar-refractivity contribution in [3.05, 3.63) is 23.8 Å². The number of rotatable bonds is 3. The molecule has 0 aliphatic rings. The number of hydrogen-bond donors (Lipinski definition) is 3. The molecule has 1 aromatic rings. The lowest BCUT2D eigenvalue weighted by atomic mass is 10.2. The fourth-order valence-electron chi connectivity index (χ4n) is 0.947. The van der Waals surface area contributed by atoms with Gasteiger partial charge >= 0.3 is 5.97 Å². The monoisotopic (exact) mass is 214 g/mol. The Bertz CT molecular complexity index is 555. The van der Waals surface area contributed by atoms with Crippen LogP contribution in [0.25, 0.3) is 0 Å². The van der Waals surface area contributed by atoms with Gasteiger partial charge in [-0.2, -0.15) is 0 Å². The number of carbonyl (C=O) groups excluding carboxylic acids is 1. The highest BCUT2D eigenvalue weighted by atomic mass is 16.4. The highest BCUT2D eigenvalue weighted by Crippen LogP contribution is 2.21. The maximum Gasteiger partial charge on any atom is 0.339 e. The summed E-state index contributed by atoms with van der Waals surface area (Å²) < 4.78 is 35.3. The first-order valence-corrected chi connectivity index (χ1v) is 3.84. The van der Waals surface area contributed by atoms with Crippen molar-refractivity contribution < 1.29 is 26.7 Å². The number of nitrogens with one attached hydrogen (secondary N) is 1. The van der Waals surface area contributed by atoms with Crippen LogP contribution in [0.5, 0.6) is 5.75 Å². The summed E-state index contributed by atoms with van der Waals surface area (Å²) in [4.78, 5) is 22.4. The van der Waals surface area contributed by atoms with E-state index in [0.29, 0.717) is 0 Å². The number of hydrogen-bond acceptors (Lipinski definition) is 3. The Morgan fingerprint density at radius 3 is 2.93 bits per heavy atom. The minimum absolute atomic E-state index is 0.140. The van der Waals surface area contributed by atoms with Crippen molar-refractivity contribution in [3.8, 4) is 5.75 Å². The number of benzene rings is 1. The predicted octanol–water partition coefficient (Wildman–Crippen LogP) is 1.44. The van der Waals surface area contributed by atoms with E-state index in [1.165, 1.54) is 0 Å². The molecule has 15 heavy (non-hydrogen) atoms. The van der Waals surface area contributed by atoms with Gasteiger partial charge in [0.25, 0.3) is 0 Å². The molecule has 0 fully saturated rings. The Morgan fingerprint density at radius 1 is 1.60 bits per heavy atom. The van der Waals surface area contributed by atoms with E-state index in [2.05, 4.69) is 0 Å². The molecule has 0 aliphatic carbocycles. The van der Waals surface area contributed by atoms with Gasteiger partial charge in [-0.1, -0.05) is 6.85 Å². The first kappa shape index (κ1) is 5.75. The molecule has 1 aromatic carbocycles. The Kier molecular flexibility index (Phi) is 1.71. The van der Waals surface area contributed by atoms with Crippen molar-refractivity contribution in [2.75, 3.05) is 5.32 Å². The topological polar surface area (TPSA) is 86.6 Å². The molecule has 0 radical (unpaired) electrons. The smallest absolute Gasteiger partial charge is 0.339 e. The SMILES string of the molecule is [2H]C([2H])([2H])C([2H])([2H])C(=O)Nc1ccc(O)c(C(=O)O)c1. The predicted molar refractivity (Wildman–Crippen MR) is 54.0 cm³/mol. The average molecular weight is 214 g/mol. The minimum atomic E-state index is -3.16. The van der Waals surface area contributed by atoms with E-state index in [1.54, 1.807) is 0 Å². The highest BCUT2D eigenvalue weighted by Gasteiger charge is 2.10. The number of aromatic carboxylic acids is 1. The van der Waals surface area contributed by atoms with Crippen LogP contribution in [0.1, 0.15) is 30.4 Å². The molecule has 0 aliphatic heterocycles. The van der Waals surface area contributed by atoms with Crippen molar-refractivity contribution in [3.63, 3.8) is 0 Å². The number of carboxylic acids is 1. The molecule has 1 rings (SSSR count). The second-order valence-electron chi connectivity index (χ2n) is 2.62. The van der Waals surface area contributed by atoms with Gasteiger partial charge in [0.2, 0.25) is 5.91 Å². The summed E-state index contributed by atoms with van der Waals surface area (Å²) in [5, 5.41) is 20.0. The van der Waals surface area contributed by atoms with Crippen molar-refractivity contribution in [1.29, 1.82) is 0 Å². The molecule has 80 valence electrons. The molecule has 0 atom stereocenters. The summed E-state index contributed by atoms with van der Waals surface area (Å²) >= 11 is 0. The highest BCUT2D eigenvalue weighted by molar-refractivity contribution is 5.95. The molecule has 0 heterocycles. The number of carbonyl (C=O) groups is 2. The summed E-state index contributed by atoms with van der Waals surface area (Å²) in [5.41, 5.74) is -0.643. The van der Waals surface area contributed by atoms with Crippen LogP contribution in [0, 0.1) is 0 Å². The Morgan fingerprint density at radius 2 is 2.33 bits per heavy atom. The van der Waals surface area contributed by atoms with E-state index >= 15 is 0 Å². The summed E-state index contributed by atoms with van der Waals surface area (Å²) in [6, 6.07) is 3.00. The Hall–Kier alpha value is -2.04. The molecule has 0 unspecified atom stereocenters. The van der Waals surface area contributed by atoms with Crippen LogP contribution >= 0.6 is 0 Å². The van der Waals surface area contributed by atoms with Crippen LogP contribution in [-0.2, 0) is 4.79 Å². The van der Waals surface area contributed by atoms with Crippen LogP contribution < -0.4 is 5.32 Å². The van der Waals surface area contributed by atoms with Crippen LogP contribution in [0.3, 0.4) is 0 Å². The quantitative estimate of drug-likeness (QED) is 0.664. The van der Waals surface area contributed by atoms with Gasteiger partial charge in [0, 0.05) is 18.9 Å². The van der Waals surface area contributed by atoms with Gasteiger partial charge in [0.15, 0.2) is 0 Å². The van der Waals surface area contributed by atoms with E-state index in [9.17, 15) is 14.7 Å². The number of carboxylic acid groups (broad SMARTS) is 1. The van der Waals surface area contributed by atoms with E-state index in [4.69, 9.17) is 12.0 Å². The largest absolute Gasteiger partial charge is 0.507 e. The molecule has 0 aromatic heterocycles. The van der Waals surface area contributed by atoms with E-state index in [1.807, 2.05) is 5.32 Å². The fourth-order valence-corrected chi connectivity index (χ4v) is 0.947. The fraction of sp³-hybridized carbons (Fsp3) is 0.200. The van der Waals surface area contributed by atoms with E-state index < -0.39 is 36.4 Å². The van der Waals surface area contributed by atoms with Gasteiger partial charge in [-0.25, -0.2) is 4.79 Å². The van der Waals surface area contributed by atoms with Crippen LogP contribution in [-0.4, -0.2) is 22.1 Å². The molecule has 5 nitrogen and oxygen atoms in total. The second-order valence-corrected chi connectivity index (χ2v) is 2.62. The first-order valence-electron chi connectivity index (χ1n) is 6.34. The molecular formula is C10H11NO4. The van der Waals surface area contributed by atoms with E-state index in [0.717, 1.165) is 18.2 Å². The standard InChI is InChI=1S/C10H11NO4/c1-2-9(13)11-6-3-4-8(12)7(5-6)10(14)15/h3-5,12H,2H2,1H3,(H,11,13)(H,14,15)/i1D3,2D2. The zero-order valence-electron chi connectivity index (χ0n) is 12.4. The Balaban J connectivity index is 3.03. The summed E-state index contributed by atoms with van der Waals surface area (Å²) in [7, 11) is 0. The summed E-state index contributed by atoms with van der Waals surface area (Å²) in [6.07, 6.45) is -3.13. The average Bonchev–Trinajstić information content (AvgIpc) is 2.29. The number of aromatic hydroxyl groups is 1. The maximum absolute atomic E-state index is 11.6. The molecular weight excluding hydrogens is 198 g/mol. The molecule has 1 amide bonds. The lowest BCUT2D eigenvalue weighted by Crippen LogP contribution is -2.10. The zero-order valence-corrected chi connectivity index (χ0v) is 7.44. The van der Waals surface area contributed by atoms with Gasteiger partial charge in [0.1, 0.15) is 11.3 Å². The van der Waals surface area contributed by atoms with E-state index in [-0.39, 0.29) is 5.69 Å². The van der Waals surface area contributed by atoms with Gasteiger partial charge < -0.3 is 15.5 Å². The summed E-state index contributed by atoms with van der Waals surface area (Å²) in [5.74, 6) is -3.41. The molecule has 0 saturated carbocycles. The number of amides is 1. The molecule has 0 saturated heterocycles. The maximum atomic E-state index is 11.6. The molecule has 0 spiro atoms. The van der Waals surface area contributed by atoms with Gasteiger partial charge in [0.05, 0.1) is 0 Å². The lowest BCUT2D eigenvalue weighted by molar-refractivity contribution is -0.115. The normalized spacial score (nSPS) is 16.4. The van der Waals surface area contributed by atoms with Crippen LogP contribution in [0.4, 0.5) is 5.69 Å². The Labute approximate surface area is 93.4 Å². The third-order valence-electron chi connectivity index (χ3n) is 1.60. The van der Waals surface area contributed by atoms with Crippen molar-refractivity contribution >= 4 is 17.6 Å². The molecule has 3 N–H and O–H groups in total. The van der Waals surface area contributed by atoms with Crippen molar-refractivity contribution in [1.82, 2.24) is 0 Å². The third kappa shape index (κ3) is 2.70. The minimum Gasteiger partial charge on any atom is -0.507 e. The van der Waals surface area contributed by atoms with Gasteiger partial charge in [-0.05, 0) is 18.2 Å². The van der Waals surface area contributed by atoms with Crippen LogP contribution in [0.2, 0.25) is 0 Å². The number of anilines is 1.